The number of pyridine rings is 1. The number of anilines is 1. The van der Waals surface area contributed by atoms with Crippen molar-refractivity contribution in [1.29, 1.82) is 0 Å². The van der Waals surface area contributed by atoms with Crippen molar-refractivity contribution in [2.45, 2.75) is 13.3 Å². The molecule has 3 aromatic rings. The molecule has 160 valence electrons. The molecule has 1 aromatic carbocycles. The van der Waals surface area contributed by atoms with E-state index in [4.69, 9.17) is 4.74 Å². The van der Waals surface area contributed by atoms with E-state index in [1.165, 1.54) is 0 Å². The highest BCUT2D eigenvalue weighted by Gasteiger charge is 2.21. The van der Waals surface area contributed by atoms with E-state index in [0.29, 0.717) is 37.4 Å². The van der Waals surface area contributed by atoms with Gasteiger partial charge >= 0.3 is 5.97 Å². The van der Waals surface area contributed by atoms with Crippen LogP contribution >= 0.6 is 0 Å². The molecule has 0 spiro atoms. The Hall–Kier alpha value is -3.61. The maximum absolute atomic E-state index is 13.0. The number of aromatic nitrogens is 2. The summed E-state index contributed by atoms with van der Waals surface area (Å²) in [4.78, 5) is 33.3. The second-order valence-electron chi connectivity index (χ2n) is 7.40. The van der Waals surface area contributed by atoms with Gasteiger partial charge in [-0.05, 0) is 61.9 Å². The van der Waals surface area contributed by atoms with Crippen LogP contribution in [0.1, 0.15) is 34.1 Å². The molecule has 2 aromatic heterocycles. The normalized spacial score (nSPS) is 14.2. The van der Waals surface area contributed by atoms with E-state index in [-0.39, 0.29) is 11.9 Å². The molecule has 0 bridgehead atoms. The fourth-order valence-corrected chi connectivity index (χ4v) is 3.72. The average Bonchev–Trinajstić information content (AvgIpc) is 3.24. The molecule has 0 atom stereocenters. The van der Waals surface area contributed by atoms with Crippen LogP contribution in [0.4, 0.5) is 5.82 Å². The maximum Gasteiger partial charge on any atom is 0.339 e. The van der Waals surface area contributed by atoms with Crippen LogP contribution in [0.3, 0.4) is 0 Å². The van der Waals surface area contributed by atoms with Gasteiger partial charge in [-0.15, -0.1) is 0 Å². The first-order valence-corrected chi connectivity index (χ1v) is 10.6. The van der Waals surface area contributed by atoms with Gasteiger partial charge < -0.3 is 19.1 Å². The molecule has 0 radical (unpaired) electrons. The van der Waals surface area contributed by atoms with Crippen LogP contribution in [0.15, 0.2) is 67.1 Å². The predicted octanol–water partition coefficient (Wildman–Crippen LogP) is 3.40. The zero-order valence-electron chi connectivity index (χ0n) is 17.6. The molecule has 7 heteroatoms. The van der Waals surface area contributed by atoms with Gasteiger partial charge in [0.15, 0.2) is 0 Å². The number of carbonyl (C=O) groups is 2. The standard InChI is InChI=1S/C24H26N4O3/c1-2-31-24(30)20-8-11-22(25-18-20)27-14-5-15-28(17-16-27)23(29)19-6-9-21(10-7-19)26-12-3-4-13-26/h3-4,6-13,18H,2,5,14-17H2,1H3. The van der Waals surface area contributed by atoms with Crippen molar-refractivity contribution in [2.75, 3.05) is 37.7 Å². The molecular weight excluding hydrogens is 392 g/mol. The Balaban J connectivity index is 1.38. The third kappa shape index (κ3) is 4.77. The predicted molar refractivity (Wildman–Crippen MR) is 119 cm³/mol. The van der Waals surface area contributed by atoms with Gasteiger partial charge in [0.1, 0.15) is 5.82 Å². The summed E-state index contributed by atoms with van der Waals surface area (Å²) >= 11 is 0. The molecule has 0 saturated carbocycles. The van der Waals surface area contributed by atoms with Crippen molar-refractivity contribution in [3.8, 4) is 5.69 Å². The number of rotatable bonds is 5. The molecule has 1 amide bonds. The van der Waals surface area contributed by atoms with E-state index in [2.05, 4.69) is 9.88 Å². The molecule has 0 aliphatic carbocycles. The minimum Gasteiger partial charge on any atom is -0.462 e. The van der Waals surface area contributed by atoms with Crippen molar-refractivity contribution in [2.24, 2.45) is 0 Å². The summed E-state index contributed by atoms with van der Waals surface area (Å²) in [5.41, 5.74) is 2.17. The zero-order valence-corrected chi connectivity index (χ0v) is 17.6. The van der Waals surface area contributed by atoms with Gasteiger partial charge in [-0.1, -0.05) is 0 Å². The lowest BCUT2D eigenvalue weighted by molar-refractivity contribution is 0.0525. The summed E-state index contributed by atoms with van der Waals surface area (Å²) in [6.07, 6.45) is 6.36. The van der Waals surface area contributed by atoms with Crippen molar-refractivity contribution >= 4 is 17.7 Å². The van der Waals surface area contributed by atoms with E-state index in [9.17, 15) is 9.59 Å². The lowest BCUT2D eigenvalue weighted by Gasteiger charge is -2.23. The lowest BCUT2D eigenvalue weighted by atomic mass is 10.1. The number of ether oxygens (including phenoxy) is 1. The first-order chi connectivity index (χ1) is 15.2. The molecule has 1 aliphatic heterocycles. The molecule has 0 N–H and O–H groups in total. The van der Waals surface area contributed by atoms with E-state index in [0.717, 1.165) is 24.5 Å². The van der Waals surface area contributed by atoms with E-state index in [1.807, 2.05) is 64.3 Å². The zero-order chi connectivity index (χ0) is 21.6. The monoisotopic (exact) mass is 418 g/mol. The van der Waals surface area contributed by atoms with E-state index in [1.54, 1.807) is 19.2 Å². The fraction of sp³-hybridized carbons (Fsp3) is 0.292. The van der Waals surface area contributed by atoms with Crippen LogP contribution in [-0.2, 0) is 4.74 Å². The first-order valence-electron chi connectivity index (χ1n) is 10.6. The van der Waals surface area contributed by atoms with Gasteiger partial charge in [0, 0.05) is 56.0 Å². The molecule has 1 saturated heterocycles. The van der Waals surface area contributed by atoms with Gasteiger partial charge in [0.2, 0.25) is 0 Å². The Bertz CT molecular complexity index is 1010. The van der Waals surface area contributed by atoms with Crippen LogP contribution < -0.4 is 4.90 Å². The van der Waals surface area contributed by atoms with Gasteiger partial charge in [0.25, 0.3) is 5.91 Å². The highest BCUT2D eigenvalue weighted by atomic mass is 16.5. The molecule has 1 aliphatic rings. The summed E-state index contributed by atoms with van der Waals surface area (Å²) in [6.45, 7) is 4.95. The van der Waals surface area contributed by atoms with Gasteiger partial charge in [-0.3, -0.25) is 4.79 Å². The number of hydrogen-bond acceptors (Lipinski definition) is 5. The summed E-state index contributed by atoms with van der Waals surface area (Å²) in [7, 11) is 0. The Morgan fingerprint density at radius 3 is 2.35 bits per heavy atom. The quantitative estimate of drug-likeness (QED) is 0.594. The van der Waals surface area contributed by atoms with E-state index < -0.39 is 0 Å². The molecule has 7 nitrogen and oxygen atoms in total. The summed E-state index contributed by atoms with van der Waals surface area (Å²) in [6, 6.07) is 15.2. The lowest BCUT2D eigenvalue weighted by Crippen LogP contribution is -2.35. The summed E-state index contributed by atoms with van der Waals surface area (Å²) in [5.74, 6) is 0.488. The second-order valence-corrected chi connectivity index (χ2v) is 7.40. The third-order valence-corrected chi connectivity index (χ3v) is 5.38. The SMILES string of the molecule is CCOC(=O)c1ccc(N2CCCN(C(=O)c3ccc(-n4cccc4)cc3)CC2)nc1. The second kappa shape index (κ2) is 9.47. The van der Waals surface area contributed by atoms with Gasteiger partial charge in [0.05, 0.1) is 12.2 Å². The Kier molecular flexibility index (Phi) is 6.31. The Morgan fingerprint density at radius 1 is 0.935 bits per heavy atom. The van der Waals surface area contributed by atoms with Crippen LogP contribution in [0.5, 0.6) is 0 Å². The van der Waals surface area contributed by atoms with Crippen molar-refractivity contribution < 1.29 is 14.3 Å². The van der Waals surface area contributed by atoms with Crippen LogP contribution in [0.2, 0.25) is 0 Å². The third-order valence-electron chi connectivity index (χ3n) is 5.38. The maximum atomic E-state index is 13.0. The van der Waals surface area contributed by atoms with Crippen molar-refractivity contribution in [1.82, 2.24) is 14.5 Å². The molecule has 3 heterocycles. The number of nitrogens with zero attached hydrogens (tertiary/aromatic N) is 4. The summed E-state index contributed by atoms with van der Waals surface area (Å²) in [5, 5.41) is 0. The molecular formula is C24H26N4O3. The van der Waals surface area contributed by atoms with Crippen LogP contribution in [-0.4, -0.2) is 59.1 Å². The highest BCUT2D eigenvalue weighted by molar-refractivity contribution is 5.94. The molecule has 4 rings (SSSR count). The Labute approximate surface area is 181 Å². The minimum absolute atomic E-state index is 0.0477. The number of amides is 1. The highest BCUT2D eigenvalue weighted by Crippen LogP contribution is 2.17. The van der Waals surface area contributed by atoms with Crippen LogP contribution in [0.25, 0.3) is 5.69 Å². The fourth-order valence-electron chi connectivity index (χ4n) is 3.72. The average molecular weight is 418 g/mol. The van der Waals surface area contributed by atoms with Crippen LogP contribution in [0, 0.1) is 0 Å². The van der Waals surface area contributed by atoms with Gasteiger partial charge in [-0.2, -0.15) is 0 Å². The number of carbonyl (C=O) groups excluding carboxylic acids is 2. The largest absolute Gasteiger partial charge is 0.462 e. The molecule has 0 unspecified atom stereocenters. The van der Waals surface area contributed by atoms with E-state index >= 15 is 0 Å². The van der Waals surface area contributed by atoms with Crippen molar-refractivity contribution in [3.63, 3.8) is 0 Å². The number of benzene rings is 1. The molecule has 1 fully saturated rings. The summed E-state index contributed by atoms with van der Waals surface area (Å²) < 4.78 is 7.02. The van der Waals surface area contributed by atoms with Gasteiger partial charge in [-0.25, -0.2) is 9.78 Å². The Morgan fingerprint density at radius 2 is 1.68 bits per heavy atom. The minimum atomic E-state index is -0.364. The van der Waals surface area contributed by atoms with Crippen molar-refractivity contribution in [3.05, 3.63) is 78.2 Å². The number of hydrogen-bond donors (Lipinski definition) is 0. The molecule has 31 heavy (non-hydrogen) atoms. The number of esters is 1. The smallest absolute Gasteiger partial charge is 0.339 e. The topological polar surface area (TPSA) is 67.7 Å². The first kappa shape index (κ1) is 20.7.